The average Bonchev–Trinajstić information content (AvgIpc) is 3.17. The summed E-state index contributed by atoms with van der Waals surface area (Å²) in [6.07, 6.45) is 3.10. The van der Waals surface area contributed by atoms with Crippen molar-refractivity contribution in [1.29, 1.82) is 0 Å². The minimum atomic E-state index is -0.128. The fraction of sp³-hybridized carbons (Fsp3) is 0.158. The van der Waals surface area contributed by atoms with Crippen LogP contribution < -0.4 is 4.74 Å². The predicted molar refractivity (Wildman–Crippen MR) is 95.8 cm³/mol. The van der Waals surface area contributed by atoms with Gasteiger partial charge in [-0.15, -0.1) is 0 Å². The van der Waals surface area contributed by atoms with Gasteiger partial charge in [0.25, 0.3) is 0 Å². The van der Waals surface area contributed by atoms with Gasteiger partial charge in [-0.25, -0.2) is 0 Å². The van der Waals surface area contributed by atoms with Crippen molar-refractivity contribution in [1.82, 2.24) is 9.78 Å². The van der Waals surface area contributed by atoms with Gasteiger partial charge in [0.05, 0.1) is 5.69 Å². The molecule has 3 aromatic rings. The molecule has 0 spiro atoms. The third kappa shape index (κ3) is 4.39. The van der Waals surface area contributed by atoms with Crippen LogP contribution in [0, 0.1) is 6.92 Å². The second-order valence-corrected chi connectivity index (χ2v) is 5.98. The van der Waals surface area contributed by atoms with Crippen LogP contribution in [-0.4, -0.2) is 15.6 Å². The molecule has 0 unspecified atom stereocenters. The molecule has 2 aromatic heterocycles. The Morgan fingerprint density at radius 3 is 2.88 bits per heavy atom. The van der Waals surface area contributed by atoms with Crippen molar-refractivity contribution in [3.05, 3.63) is 76.5 Å². The summed E-state index contributed by atoms with van der Waals surface area (Å²) in [5.74, 6) is 1.78. The Balaban J connectivity index is 1.61. The summed E-state index contributed by atoms with van der Waals surface area (Å²) >= 11 is 5.91. The number of furan rings is 1. The highest BCUT2D eigenvalue weighted by Gasteiger charge is 2.09. The molecule has 0 atom stereocenters. The number of carbonyl (C=O) groups excluding carboxylic acids is 1. The largest absolute Gasteiger partial charge is 0.486 e. The van der Waals surface area contributed by atoms with Crippen LogP contribution in [0.5, 0.6) is 5.75 Å². The molecule has 0 N–H and O–H groups in total. The number of hydrogen-bond acceptors (Lipinski definition) is 4. The topological polar surface area (TPSA) is 57.3 Å². The number of halogens is 1. The van der Waals surface area contributed by atoms with E-state index in [4.69, 9.17) is 20.8 Å². The van der Waals surface area contributed by atoms with E-state index in [1.807, 2.05) is 25.1 Å². The van der Waals surface area contributed by atoms with E-state index in [-0.39, 0.29) is 12.4 Å². The monoisotopic (exact) mass is 356 g/mol. The van der Waals surface area contributed by atoms with Gasteiger partial charge < -0.3 is 9.15 Å². The van der Waals surface area contributed by atoms with E-state index < -0.39 is 0 Å². The van der Waals surface area contributed by atoms with Crippen molar-refractivity contribution in [2.75, 3.05) is 0 Å². The van der Waals surface area contributed by atoms with Crippen LogP contribution in [0.1, 0.15) is 27.7 Å². The zero-order chi connectivity index (χ0) is 17.8. The number of nitrogens with zero attached hydrogens (tertiary/aromatic N) is 2. The summed E-state index contributed by atoms with van der Waals surface area (Å²) in [4.78, 5) is 12.2. The SMILES string of the molecule is Cc1cc(C(=O)C=Cc2ccc(COc3cccc(Cl)c3)o2)n(C)n1. The molecule has 3 rings (SSSR count). The first kappa shape index (κ1) is 17.0. The number of ketones is 1. The second-order valence-electron chi connectivity index (χ2n) is 5.54. The molecule has 0 amide bonds. The van der Waals surface area contributed by atoms with Crippen molar-refractivity contribution in [2.24, 2.45) is 7.05 Å². The standard InChI is InChI=1S/C19H17ClN2O3/c1-13-10-18(22(2)21-13)19(23)9-8-15-6-7-17(25-15)12-24-16-5-3-4-14(20)11-16/h3-11H,12H2,1-2H3. The number of hydrogen-bond donors (Lipinski definition) is 0. The van der Waals surface area contributed by atoms with E-state index in [1.54, 1.807) is 42.1 Å². The van der Waals surface area contributed by atoms with Gasteiger partial charge in [-0.05, 0) is 55.5 Å². The Morgan fingerprint density at radius 2 is 2.16 bits per heavy atom. The summed E-state index contributed by atoms with van der Waals surface area (Å²) in [5, 5.41) is 4.78. The average molecular weight is 357 g/mol. The zero-order valence-electron chi connectivity index (χ0n) is 13.9. The molecule has 0 aliphatic rings. The highest BCUT2D eigenvalue weighted by molar-refractivity contribution is 6.30. The van der Waals surface area contributed by atoms with Gasteiger partial charge in [0.15, 0.2) is 0 Å². The highest BCUT2D eigenvalue weighted by Crippen LogP contribution is 2.19. The molecule has 128 valence electrons. The minimum Gasteiger partial charge on any atom is -0.486 e. The third-order valence-corrected chi connectivity index (χ3v) is 3.75. The Kier molecular flexibility index (Phi) is 5.05. The van der Waals surface area contributed by atoms with Crippen LogP contribution in [0.2, 0.25) is 5.02 Å². The Morgan fingerprint density at radius 1 is 1.32 bits per heavy atom. The van der Waals surface area contributed by atoms with Crippen molar-refractivity contribution in [3.8, 4) is 5.75 Å². The van der Waals surface area contributed by atoms with Gasteiger partial charge in [-0.3, -0.25) is 9.48 Å². The van der Waals surface area contributed by atoms with Crippen LogP contribution in [0.15, 0.2) is 53.0 Å². The summed E-state index contributed by atoms with van der Waals surface area (Å²) in [6, 6.07) is 12.5. The van der Waals surface area contributed by atoms with Gasteiger partial charge in [0.1, 0.15) is 29.6 Å². The Hall–Kier alpha value is -2.79. The van der Waals surface area contributed by atoms with Crippen LogP contribution >= 0.6 is 11.6 Å². The van der Waals surface area contributed by atoms with E-state index >= 15 is 0 Å². The second kappa shape index (κ2) is 7.40. The first-order valence-electron chi connectivity index (χ1n) is 7.71. The molecule has 2 heterocycles. The summed E-state index contributed by atoms with van der Waals surface area (Å²) in [7, 11) is 1.74. The lowest BCUT2D eigenvalue weighted by Crippen LogP contribution is -2.03. The normalized spacial score (nSPS) is 11.2. The van der Waals surface area contributed by atoms with Crippen molar-refractivity contribution in [2.45, 2.75) is 13.5 Å². The molecule has 0 saturated carbocycles. The lowest BCUT2D eigenvalue weighted by atomic mass is 10.2. The maximum atomic E-state index is 12.2. The smallest absolute Gasteiger partial charge is 0.203 e. The van der Waals surface area contributed by atoms with Crippen LogP contribution in [0.25, 0.3) is 6.08 Å². The van der Waals surface area contributed by atoms with Crippen LogP contribution in [0.3, 0.4) is 0 Å². The van der Waals surface area contributed by atoms with Gasteiger partial charge >= 0.3 is 0 Å². The molecule has 25 heavy (non-hydrogen) atoms. The molecule has 5 nitrogen and oxygen atoms in total. The van der Waals surface area contributed by atoms with E-state index in [1.165, 1.54) is 6.08 Å². The molecule has 0 radical (unpaired) electrons. The maximum absolute atomic E-state index is 12.2. The highest BCUT2D eigenvalue weighted by atomic mass is 35.5. The number of benzene rings is 1. The molecule has 0 fully saturated rings. The van der Waals surface area contributed by atoms with Gasteiger partial charge in [0.2, 0.25) is 5.78 Å². The molecule has 6 heteroatoms. The number of aryl methyl sites for hydroxylation is 2. The van der Waals surface area contributed by atoms with Crippen molar-refractivity contribution < 1.29 is 13.9 Å². The van der Waals surface area contributed by atoms with Crippen molar-refractivity contribution in [3.63, 3.8) is 0 Å². The number of aromatic nitrogens is 2. The maximum Gasteiger partial charge on any atom is 0.203 e. The molecule has 0 aliphatic heterocycles. The van der Waals surface area contributed by atoms with Crippen LogP contribution in [-0.2, 0) is 13.7 Å². The van der Waals surface area contributed by atoms with Gasteiger partial charge in [-0.1, -0.05) is 17.7 Å². The van der Waals surface area contributed by atoms with E-state index in [9.17, 15) is 4.79 Å². The fourth-order valence-electron chi connectivity index (χ4n) is 2.36. The first-order valence-corrected chi connectivity index (χ1v) is 8.09. The lowest BCUT2D eigenvalue weighted by Gasteiger charge is -2.03. The number of carbonyl (C=O) groups is 1. The van der Waals surface area contributed by atoms with E-state index in [2.05, 4.69) is 5.10 Å². The van der Waals surface area contributed by atoms with Crippen molar-refractivity contribution >= 4 is 23.5 Å². The number of rotatable bonds is 6. The molecular formula is C19H17ClN2O3. The van der Waals surface area contributed by atoms with Gasteiger partial charge in [-0.2, -0.15) is 5.10 Å². The first-order chi connectivity index (χ1) is 12.0. The Bertz CT molecular complexity index is 924. The quantitative estimate of drug-likeness (QED) is 0.483. The lowest BCUT2D eigenvalue weighted by molar-refractivity contribution is 0.103. The van der Waals surface area contributed by atoms with E-state index in [0.717, 1.165) is 5.69 Å². The van der Waals surface area contributed by atoms with Crippen LogP contribution in [0.4, 0.5) is 0 Å². The Labute approximate surface area is 150 Å². The number of ether oxygens (including phenoxy) is 1. The number of allylic oxidation sites excluding steroid dienone is 1. The predicted octanol–water partition coefficient (Wildman–Crippen LogP) is 4.45. The summed E-state index contributed by atoms with van der Waals surface area (Å²) in [6.45, 7) is 2.13. The van der Waals surface area contributed by atoms with E-state index in [0.29, 0.717) is 28.0 Å². The summed E-state index contributed by atoms with van der Waals surface area (Å²) in [5.41, 5.74) is 1.34. The fourth-order valence-corrected chi connectivity index (χ4v) is 2.54. The zero-order valence-corrected chi connectivity index (χ0v) is 14.7. The molecule has 0 saturated heterocycles. The molecular weight excluding hydrogens is 340 g/mol. The third-order valence-electron chi connectivity index (χ3n) is 3.51. The summed E-state index contributed by atoms with van der Waals surface area (Å²) < 4.78 is 12.8. The molecule has 0 aliphatic carbocycles. The molecule has 1 aromatic carbocycles. The minimum absolute atomic E-state index is 0.128. The molecule has 0 bridgehead atoms. The van der Waals surface area contributed by atoms with Gasteiger partial charge in [0, 0.05) is 12.1 Å².